The molecule has 0 radical (unpaired) electrons. The third-order valence-corrected chi connectivity index (χ3v) is 5.65. The SMILES string of the molecule is CS(=O)(=O)N[C@@H]1[C@H](Cc2cccc(Cl)c2F)N(C(=O)[C@H]2CCO2)CC1(F)F. The van der Waals surface area contributed by atoms with E-state index in [1.165, 1.54) is 18.2 Å². The quantitative estimate of drug-likeness (QED) is 0.775. The standard InChI is InChI=1S/C16H18ClF3N2O4S/c1-27(24,25)21-14-11(7-9-3-2-4-10(17)13(9)18)22(8-16(14,19)20)15(23)12-5-6-26-12/h2-4,11-12,14,21H,5-8H2,1H3/t11-,12+,14+/m0/s1. The number of carbonyl (C=O) groups is 1. The molecule has 2 aliphatic heterocycles. The van der Waals surface area contributed by atoms with E-state index in [1.807, 2.05) is 4.72 Å². The van der Waals surface area contributed by atoms with Crippen LogP contribution in [0.5, 0.6) is 0 Å². The molecule has 1 aromatic carbocycles. The van der Waals surface area contributed by atoms with Gasteiger partial charge < -0.3 is 9.64 Å². The Bertz CT molecular complexity index is 848. The number of alkyl halides is 2. The van der Waals surface area contributed by atoms with E-state index in [4.69, 9.17) is 16.3 Å². The van der Waals surface area contributed by atoms with E-state index in [0.717, 1.165) is 11.2 Å². The van der Waals surface area contributed by atoms with Crippen LogP contribution in [-0.4, -0.2) is 62.7 Å². The highest BCUT2D eigenvalue weighted by Gasteiger charge is 2.57. The molecule has 1 N–H and O–H groups in total. The van der Waals surface area contributed by atoms with Crippen LogP contribution in [0.15, 0.2) is 18.2 Å². The van der Waals surface area contributed by atoms with Gasteiger partial charge in [0.25, 0.3) is 11.8 Å². The molecular weight excluding hydrogens is 409 g/mol. The second-order valence-corrected chi connectivity index (χ2v) is 8.91. The second kappa shape index (κ2) is 7.23. The number of rotatable bonds is 5. The first kappa shape index (κ1) is 20.4. The second-order valence-electron chi connectivity index (χ2n) is 6.73. The van der Waals surface area contributed by atoms with E-state index >= 15 is 0 Å². The fourth-order valence-electron chi connectivity index (χ4n) is 3.32. The van der Waals surface area contributed by atoms with E-state index in [-0.39, 0.29) is 17.0 Å². The van der Waals surface area contributed by atoms with Crippen molar-refractivity contribution in [2.24, 2.45) is 0 Å². The molecule has 2 heterocycles. The van der Waals surface area contributed by atoms with Crippen molar-refractivity contribution in [3.8, 4) is 0 Å². The molecule has 1 aromatic rings. The monoisotopic (exact) mass is 426 g/mol. The number of nitrogens with one attached hydrogen (secondary N) is 1. The molecule has 1 amide bonds. The molecule has 150 valence electrons. The molecule has 0 aliphatic carbocycles. The van der Waals surface area contributed by atoms with Gasteiger partial charge in [-0.05, 0) is 18.1 Å². The van der Waals surface area contributed by atoms with Crippen molar-refractivity contribution >= 4 is 27.5 Å². The van der Waals surface area contributed by atoms with Crippen molar-refractivity contribution in [2.45, 2.75) is 37.0 Å². The first-order valence-electron chi connectivity index (χ1n) is 8.20. The molecule has 3 rings (SSSR count). The summed E-state index contributed by atoms with van der Waals surface area (Å²) < 4.78 is 73.7. The van der Waals surface area contributed by atoms with Gasteiger partial charge in [0.15, 0.2) is 0 Å². The van der Waals surface area contributed by atoms with Crippen LogP contribution in [-0.2, 0) is 26.0 Å². The number of amides is 1. The Hall–Kier alpha value is -1.36. The summed E-state index contributed by atoms with van der Waals surface area (Å²) in [6, 6.07) is 0.932. The Balaban J connectivity index is 1.97. The van der Waals surface area contributed by atoms with Gasteiger partial charge in [0, 0.05) is 6.42 Å². The lowest BCUT2D eigenvalue weighted by atomic mass is 9.98. The highest BCUT2D eigenvalue weighted by molar-refractivity contribution is 7.88. The Kier molecular flexibility index (Phi) is 5.46. The molecule has 0 saturated carbocycles. The predicted octanol–water partition coefficient (Wildman–Crippen LogP) is 1.57. The molecule has 2 aliphatic rings. The van der Waals surface area contributed by atoms with Gasteiger partial charge in [0.1, 0.15) is 18.0 Å². The molecule has 0 unspecified atom stereocenters. The smallest absolute Gasteiger partial charge is 0.283 e. The molecule has 0 aromatic heterocycles. The van der Waals surface area contributed by atoms with Gasteiger partial charge in [-0.3, -0.25) is 4.79 Å². The van der Waals surface area contributed by atoms with Crippen molar-refractivity contribution in [3.63, 3.8) is 0 Å². The van der Waals surface area contributed by atoms with E-state index in [0.29, 0.717) is 13.0 Å². The summed E-state index contributed by atoms with van der Waals surface area (Å²) in [6.45, 7) is -0.634. The summed E-state index contributed by atoms with van der Waals surface area (Å²) in [4.78, 5) is 13.4. The first-order chi connectivity index (χ1) is 12.5. The number of sulfonamides is 1. The van der Waals surface area contributed by atoms with Crippen molar-refractivity contribution in [3.05, 3.63) is 34.6 Å². The fraction of sp³-hybridized carbons (Fsp3) is 0.562. The zero-order chi connectivity index (χ0) is 20.0. The normalized spacial score (nSPS) is 27.4. The summed E-state index contributed by atoms with van der Waals surface area (Å²) in [5.74, 6) is -4.98. The van der Waals surface area contributed by atoms with Crippen molar-refractivity contribution in [2.75, 3.05) is 19.4 Å². The molecule has 2 saturated heterocycles. The van der Waals surface area contributed by atoms with Gasteiger partial charge in [-0.15, -0.1) is 0 Å². The zero-order valence-corrected chi connectivity index (χ0v) is 15.9. The predicted molar refractivity (Wildman–Crippen MR) is 91.7 cm³/mol. The number of likely N-dealkylation sites (tertiary alicyclic amines) is 1. The van der Waals surface area contributed by atoms with Crippen LogP contribution in [0, 0.1) is 5.82 Å². The number of halogens is 4. The largest absolute Gasteiger partial charge is 0.368 e. The Labute approximate surface area is 159 Å². The third-order valence-electron chi connectivity index (χ3n) is 4.68. The minimum Gasteiger partial charge on any atom is -0.368 e. The van der Waals surface area contributed by atoms with Crippen molar-refractivity contribution < 1.29 is 31.1 Å². The lowest BCUT2D eigenvalue weighted by Crippen LogP contribution is -2.54. The number of ether oxygens (including phenoxy) is 1. The Morgan fingerprint density at radius 3 is 2.67 bits per heavy atom. The summed E-state index contributed by atoms with van der Waals surface area (Å²) in [6.07, 6.45) is -0.0270. The number of hydrogen-bond donors (Lipinski definition) is 1. The maximum Gasteiger partial charge on any atom is 0.283 e. The first-order valence-corrected chi connectivity index (χ1v) is 10.5. The summed E-state index contributed by atoms with van der Waals surface area (Å²) in [5, 5.41) is -0.190. The van der Waals surface area contributed by atoms with Crippen LogP contribution in [0.25, 0.3) is 0 Å². The molecule has 2 fully saturated rings. The van der Waals surface area contributed by atoms with Gasteiger partial charge in [-0.1, -0.05) is 23.7 Å². The summed E-state index contributed by atoms with van der Waals surface area (Å²) in [5.41, 5.74) is 0.0119. The summed E-state index contributed by atoms with van der Waals surface area (Å²) >= 11 is 5.74. The maximum absolute atomic E-state index is 14.6. The number of hydrogen-bond acceptors (Lipinski definition) is 4. The molecule has 0 spiro atoms. The van der Waals surface area contributed by atoms with E-state index in [9.17, 15) is 26.4 Å². The van der Waals surface area contributed by atoms with Crippen LogP contribution in [0.3, 0.4) is 0 Å². The fourth-order valence-corrected chi connectivity index (χ4v) is 4.30. The average molecular weight is 427 g/mol. The highest BCUT2D eigenvalue weighted by Crippen LogP contribution is 2.36. The lowest BCUT2D eigenvalue weighted by Gasteiger charge is -2.33. The van der Waals surface area contributed by atoms with Crippen LogP contribution in [0.4, 0.5) is 13.2 Å². The van der Waals surface area contributed by atoms with Gasteiger partial charge in [-0.25, -0.2) is 26.3 Å². The van der Waals surface area contributed by atoms with Crippen LogP contribution < -0.4 is 4.72 Å². The van der Waals surface area contributed by atoms with Gasteiger partial charge in [0.2, 0.25) is 10.0 Å². The topological polar surface area (TPSA) is 75.7 Å². The molecule has 6 nitrogen and oxygen atoms in total. The van der Waals surface area contributed by atoms with Crippen molar-refractivity contribution in [1.82, 2.24) is 9.62 Å². The van der Waals surface area contributed by atoms with Crippen LogP contribution >= 0.6 is 11.6 Å². The van der Waals surface area contributed by atoms with E-state index < -0.39 is 52.4 Å². The zero-order valence-electron chi connectivity index (χ0n) is 14.3. The minimum atomic E-state index is -4.00. The third kappa shape index (κ3) is 4.23. The van der Waals surface area contributed by atoms with Crippen molar-refractivity contribution in [1.29, 1.82) is 0 Å². The van der Waals surface area contributed by atoms with Crippen LogP contribution in [0.2, 0.25) is 5.02 Å². The Morgan fingerprint density at radius 2 is 2.11 bits per heavy atom. The Morgan fingerprint density at radius 1 is 1.44 bits per heavy atom. The number of carbonyl (C=O) groups excluding carboxylic acids is 1. The van der Waals surface area contributed by atoms with Gasteiger partial charge in [-0.2, -0.15) is 0 Å². The molecule has 11 heteroatoms. The number of benzene rings is 1. The molecular formula is C16H18ClF3N2O4S. The maximum atomic E-state index is 14.6. The van der Waals surface area contributed by atoms with Gasteiger partial charge in [0.05, 0.1) is 30.5 Å². The molecule has 3 atom stereocenters. The number of nitrogens with zero attached hydrogens (tertiary/aromatic N) is 1. The minimum absolute atomic E-state index is 0.0119. The molecule has 0 bridgehead atoms. The average Bonchev–Trinajstić information content (AvgIpc) is 2.73. The van der Waals surface area contributed by atoms with Gasteiger partial charge >= 0.3 is 0 Å². The van der Waals surface area contributed by atoms with E-state index in [2.05, 4.69) is 0 Å². The highest BCUT2D eigenvalue weighted by atomic mass is 35.5. The lowest BCUT2D eigenvalue weighted by molar-refractivity contribution is -0.158. The summed E-state index contributed by atoms with van der Waals surface area (Å²) in [7, 11) is -4.00. The van der Waals surface area contributed by atoms with Crippen LogP contribution in [0.1, 0.15) is 12.0 Å². The van der Waals surface area contributed by atoms with E-state index in [1.54, 1.807) is 0 Å². The molecule has 27 heavy (non-hydrogen) atoms.